The molecule has 1 unspecified atom stereocenters. The van der Waals surface area contributed by atoms with E-state index in [1.165, 1.54) is 0 Å². The molecule has 0 saturated carbocycles. The third kappa shape index (κ3) is 4.62. The molecular weight excluding hydrogens is 192 g/mol. The molecule has 1 saturated heterocycles. The summed E-state index contributed by atoms with van der Waals surface area (Å²) in [5.41, 5.74) is 5.41. The zero-order valence-corrected chi connectivity index (χ0v) is 9.50. The Bertz CT molecular complexity index is 191. The first-order valence-electron chi connectivity index (χ1n) is 5.79. The van der Waals surface area contributed by atoms with Crippen LogP contribution in [0.3, 0.4) is 0 Å². The molecule has 0 radical (unpaired) electrons. The third-order valence-electron chi connectivity index (χ3n) is 2.99. The first-order chi connectivity index (χ1) is 7.24. The van der Waals surface area contributed by atoms with Gasteiger partial charge in [-0.05, 0) is 25.2 Å². The summed E-state index contributed by atoms with van der Waals surface area (Å²) in [7, 11) is 0. The summed E-state index contributed by atoms with van der Waals surface area (Å²) in [6.45, 7) is 4.79. The maximum atomic E-state index is 11.4. The van der Waals surface area contributed by atoms with Gasteiger partial charge in [-0.25, -0.2) is 0 Å². The average Bonchev–Trinajstić information content (AvgIpc) is 2.29. The lowest BCUT2D eigenvalue weighted by atomic mass is 9.96. The average molecular weight is 214 g/mol. The van der Waals surface area contributed by atoms with E-state index in [0.717, 1.165) is 39.0 Å². The van der Waals surface area contributed by atoms with E-state index in [0.29, 0.717) is 12.5 Å². The van der Waals surface area contributed by atoms with Crippen LogP contribution in [0.4, 0.5) is 0 Å². The number of carbonyl (C=O) groups is 1. The van der Waals surface area contributed by atoms with E-state index >= 15 is 0 Å². The molecule has 0 aromatic rings. The van der Waals surface area contributed by atoms with Gasteiger partial charge in [0.2, 0.25) is 5.91 Å². The standard InChI is InChI=1S/C11H22N2O2/c1-9(8-12)11(14)13-5-2-10-3-6-15-7-4-10/h9-10H,2-8,12H2,1H3,(H,13,14). The Morgan fingerprint density at radius 1 is 1.53 bits per heavy atom. The van der Waals surface area contributed by atoms with Crippen molar-refractivity contribution in [3.63, 3.8) is 0 Å². The molecule has 0 bridgehead atoms. The quantitative estimate of drug-likeness (QED) is 0.701. The minimum Gasteiger partial charge on any atom is -0.381 e. The molecule has 3 N–H and O–H groups in total. The van der Waals surface area contributed by atoms with Crippen molar-refractivity contribution in [2.24, 2.45) is 17.6 Å². The maximum absolute atomic E-state index is 11.4. The highest BCUT2D eigenvalue weighted by atomic mass is 16.5. The normalized spacial score (nSPS) is 19.9. The van der Waals surface area contributed by atoms with Gasteiger partial charge in [-0.15, -0.1) is 0 Å². The lowest BCUT2D eigenvalue weighted by molar-refractivity contribution is -0.124. The highest BCUT2D eigenvalue weighted by Crippen LogP contribution is 2.17. The zero-order valence-electron chi connectivity index (χ0n) is 9.50. The Hall–Kier alpha value is -0.610. The van der Waals surface area contributed by atoms with Crippen molar-refractivity contribution in [3.8, 4) is 0 Å². The first-order valence-corrected chi connectivity index (χ1v) is 5.79. The Balaban J connectivity index is 2.07. The molecule has 1 atom stereocenters. The molecule has 4 nitrogen and oxygen atoms in total. The van der Waals surface area contributed by atoms with Crippen LogP contribution in [0.1, 0.15) is 26.2 Å². The summed E-state index contributed by atoms with van der Waals surface area (Å²) < 4.78 is 5.28. The van der Waals surface area contributed by atoms with Gasteiger partial charge in [0.25, 0.3) is 0 Å². The number of rotatable bonds is 5. The summed E-state index contributed by atoms with van der Waals surface area (Å²) in [6, 6.07) is 0. The third-order valence-corrected chi connectivity index (χ3v) is 2.99. The Morgan fingerprint density at radius 2 is 2.20 bits per heavy atom. The van der Waals surface area contributed by atoms with Gasteiger partial charge in [-0.2, -0.15) is 0 Å². The van der Waals surface area contributed by atoms with E-state index in [1.807, 2.05) is 6.92 Å². The molecule has 4 heteroatoms. The lowest BCUT2D eigenvalue weighted by Gasteiger charge is -2.22. The molecule has 0 aliphatic carbocycles. The van der Waals surface area contributed by atoms with Gasteiger partial charge < -0.3 is 15.8 Å². The van der Waals surface area contributed by atoms with Crippen LogP contribution in [0.2, 0.25) is 0 Å². The summed E-state index contributed by atoms with van der Waals surface area (Å²) in [5, 5.41) is 2.92. The second-order valence-corrected chi connectivity index (χ2v) is 4.27. The van der Waals surface area contributed by atoms with Gasteiger partial charge in [-0.3, -0.25) is 4.79 Å². The minimum absolute atomic E-state index is 0.0697. The van der Waals surface area contributed by atoms with Crippen LogP contribution in [0.15, 0.2) is 0 Å². The monoisotopic (exact) mass is 214 g/mol. The van der Waals surface area contributed by atoms with Gasteiger partial charge in [0.1, 0.15) is 0 Å². The van der Waals surface area contributed by atoms with Crippen molar-refractivity contribution in [2.75, 3.05) is 26.3 Å². The molecule has 1 aliphatic heterocycles. The second-order valence-electron chi connectivity index (χ2n) is 4.27. The van der Waals surface area contributed by atoms with E-state index < -0.39 is 0 Å². The minimum atomic E-state index is -0.0697. The van der Waals surface area contributed by atoms with Crippen LogP contribution in [0.5, 0.6) is 0 Å². The number of hydrogen-bond donors (Lipinski definition) is 2. The predicted molar refractivity (Wildman–Crippen MR) is 59.4 cm³/mol. The largest absolute Gasteiger partial charge is 0.381 e. The van der Waals surface area contributed by atoms with Crippen molar-refractivity contribution < 1.29 is 9.53 Å². The molecule has 0 aromatic carbocycles. The van der Waals surface area contributed by atoms with Crippen molar-refractivity contribution in [1.82, 2.24) is 5.32 Å². The van der Waals surface area contributed by atoms with E-state index in [-0.39, 0.29) is 11.8 Å². The fourth-order valence-electron chi connectivity index (χ4n) is 1.72. The molecule has 88 valence electrons. The van der Waals surface area contributed by atoms with Crippen molar-refractivity contribution in [1.29, 1.82) is 0 Å². The number of carbonyl (C=O) groups excluding carboxylic acids is 1. The Kier molecular flexibility index (Phi) is 5.65. The number of hydrogen-bond acceptors (Lipinski definition) is 3. The zero-order chi connectivity index (χ0) is 11.1. The SMILES string of the molecule is CC(CN)C(=O)NCCC1CCOCC1. The van der Waals surface area contributed by atoms with Gasteiger partial charge in [0.05, 0.1) is 0 Å². The Labute approximate surface area is 91.5 Å². The van der Waals surface area contributed by atoms with Gasteiger partial charge in [0, 0.05) is 32.2 Å². The highest BCUT2D eigenvalue weighted by molar-refractivity contribution is 5.78. The number of ether oxygens (including phenoxy) is 1. The van der Waals surface area contributed by atoms with Crippen molar-refractivity contribution in [2.45, 2.75) is 26.2 Å². The summed E-state index contributed by atoms with van der Waals surface area (Å²) in [4.78, 5) is 11.4. The molecule has 1 heterocycles. The van der Waals surface area contributed by atoms with Crippen LogP contribution in [0.25, 0.3) is 0 Å². The van der Waals surface area contributed by atoms with Gasteiger partial charge in [-0.1, -0.05) is 6.92 Å². The predicted octanol–water partition coefficient (Wildman–Crippen LogP) is 0.514. The van der Waals surface area contributed by atoms with Crippen molar-refractivity contribution in [3.05, 3.63) is 0 Å². The molecule has 1 amide bonds. The molecule has 0 aromatic heterocycles. The topological polar surface area (TPSA) is 64.4 Å². The molecule has 15 heavy (non-hydrogen) atoms. The Morgan fingerprint density at radius 3 is 2.80 bits per heavy atom. The van der Waals surface area contributed by atoms with E-state index in [4.69, 9.17) is 10.5 Å². The number of nitrogens with two attached hydrogens (primary N) is 1. The first kappa shape index (κ1) is 12.5. The number of nitrogens with one attached hydrogen (secondary N) is 1. The fourth-order valence-corrected chi connectivity index (χ4v) is 1.72. The van der Waals surface area contributed by atoms with Crippen LogP contribution in [-0.4, -0.2) is 32.2 Å². The smallest absolute Gasteiger partial charge is 0.224 e. The summed E-state index contributed by atoms with van der Waals surface area (Å²) >= 11 is 0. The fraction of sp³-hybridized carbons (Fsp3) is 0.909. The molecule has 1 rings (SSSR count). The summed E-state index contributed by atoms with van der Waals surface area (Å²) in [6.07, 6.45) is 3.32. The van der Waals surface area contributed by atoms with Crippen LogP contribution >= 0.6 is 0 Å². The lowest BCUT2D eigenvalue weighted by Crippen LogP contribution is -2.34. The maximum Gasteiger partial charge on any atom is 0.224 e. The molecular formula is C11H22N2O2. The number of amides is 1. The van der Waals surface area contributed by atoms with E-state index in [2.05, 4.69) is 5.32 Å². The van der Waals surface area contributed by atoms with Gasteiger partial charge in [0.15, 0.2) is 0 Å². The highest BCUT2D eigenvalue weighted by Gasteiger charge is 2.14. The van der Waals surface area contributed by atoms with Crippen LogP contribution in [-0.2, 0) is 9.53 Å². The van der Waals surface area contributed by atoms with E-state index in [9.17, 15) is 4.79 Å². The molecule has 0 spiro atoms. The van der Waals surface area contributed by atoms with Gasteiger partial charge >= 0.3 is 0 Å². The van der Waals surface area contributed by atoms with E-state index in [1.54, 1.807) is 0 Å². The summed E-state index contributed by atoms with van der Waals surface area (Å²) in [5.74, 6) is 0.719. The van der Waals surface area contributed by atoms with Crippen molar-refractivity contribution >= 4 is 5.91 Å². The molecule has 1 fully saturated rings. The van der Waals surface area contributed by atoms with Crippen LogP contribution < -0.4 is 11.1 Å². The second kappa shape index (κ2) is 6.80. The molecule has 1 aliphatic rings. The van der Waals surface area contributed by atoms with Crippen LogP contribution in [0, 0.1) is 11.8 Å².